The summed E-state index contributed by atoms with van der Waals surface area (Å²) in [5.41, 5.74) is 0.640. The number of hydrogen-bond donors (Lipinski definition) is 1. The fourth-order valence-corrected chi connectivity index (χ4v) is 3.41. The van der Waals surface area contributed by atoms with E-state index < -0.39 is 0 Å². The van der Waals surface area contributed by atoms with Gasteiger partial charge in [0.1, 0.15) is 5.69 Å². The minimum Gasteiger partial charge on any atom is -0.357 e. The van der Waals surface area contributed by atoms with Gasteiger partial charge < -0.3 is 14.4 Å². The summed E-state index contributed by atoms with van der Waals surface area (Å²) in [7, 11) is 0. The quantitative estimate of drug-likeness (QED) is 0.785. The predicted molar refractivity (Wildman–Crippen MR) is 89.6 cm³/mol. The number of aromatic nitrogens is 3. The molecule has 4 rings (SSSR count). The molecule has 0 aromatic carbocycles. The normalized spacial score (nSPS) is 15.8. The zero-order valence-corrected chi connectivity index (χ0v) is 13.8. The van der Waals surface area contributed by atoms with Crippen LogP contribution in [0.2, 0.25) is 0 Å². The minimum absolute atomic E-state index is 0.0532. The van der Waals surface area contributed by atoms with E-state index in [-0.39, 0.29) is 5.91 Å². The van der Waals surface area contributed by atoms with Gasteiger partial charge in [-0.2, -0.15) is 4.98 Å². The number of H-pyrrole nitrogens is 1. The Kier molecular flexibility index (Phi) is 4.14. The van der Waals surface area contributed by atoms with Crippen LogP contribution in [0.4, 0.5) is 0 Å². The molecular formula is C16H17N5O2S. The highest BCUT2D eigenvalue weighted by Gasteiger charge is 2.23. The van der Waals surface area contributed by atoms with E-state index in [4.69, 9.17) is 4.52 Å². The van der Waals surface area contributed by atoms with Crippen molar-refractivity contribution in [2.24, 2.45) is 0 Å². The molecule has 1 N–H and O–H groups in total. The standard InChI is InChI=1S/C16H17N5O2S/c22-16(12-3-1-5-17-12)21-8-6-20(7-9-21)11-14-18-15(19-23-14)13-4-2-10-24-13/h1-5,10,17H,6-9,11H2. The molecule has 0 radical (unpaired) electrons. The number of nitrogens with zero attached hydrogens (tertiary/aromatic N) is 4. The summed E-state index contributed by atoms with van der Waals surface area (Å²) in [6, 6.07) is 7.59. The number of carbonyl (C=O) groups excluding carboxylic acids is 1. The van der Waals surface area contributed by atoms with Gasteiger partial charge in [0.2, 0.25) is 11.7 Å². The van der Waals surface area contributed by atoms with E-state index in [1.54, 1.807) is 23.6 Å². The van der Waals surface area contributed by atoms with Crippen molar-refractivity contribution in [1.82, 2.24) is 24.9 Å². The molecule has 1 aliphatic rings. The molecule has 1 aliphatic heterocycles. The maximum Gasteiger partial charge on any atom is 0.270 e. The van der Waals surface area contributed by atoms with Crippen LogP contribution < -0.4 is 0 Å². The van der Waals surface area contributed by atoms with E-state index in [0.29, 0.717) is 37.0 Å². The number of piperazine rings is 1. The van der Waals surface area contributed by atoms with Crippen LogP contribution in [-0.4, -0.2) is 57.0 Å². The van der Waals surface area contributed by atoms with Crippen molar-refractivity contribution in [3.05, 3.63) is 47.4 Å². The maximum absolute atomic E-state index is 12.3. The Morgan fingerprint density at radius 2 is 2.12 bits per heavy atom. The van der Waals surface area contributed by atoms with E-state index in [2.05, 4.69) is 20.0 Å². The summed E-state index contributed by atoms with van der Waals surface area (Å²) in [5.74, 6) is 1.31. The molecule has 124 valence electrons. The van der Waals surface area contributed by atoms with Crippen molar-refractivity contribution < 1.29 is 9.32 Å². The predicted octanol–water partition coefficient (Wildman–Crippen LogP) is 2.08. The molecule has 4 heterocycles. The highest BCUT2D eigenvalue weighted by molar-refractivity contribution is 7.13. The lowest BCUT2D eigenvalue weighted by molar-refractivity contribution is 0.0610. The van der Waals surface area contributed by atoms with Gasteiger partial charge in [0.05, 0.1) is 11.4 Å². The topological polar surface area (TPSA) is 78.3 Å². The van der Waals surface area contributed by atoms with Gasteiger partial charge in [0.15, 0.2) is 0 Å². The third-order valence-corrected chi connectivity index (χ3v) is 4.92. The van der Waals surface area contributed by atoms with Crippen LogP contribution in [0, 0.1) is 0 Å². The summed E-state index contributed by atoms with van der Waals surface area (Å²) in [4.78, 5) is 24.8. The van der Waals surface area contributed by atoms with E-state index in [0.717, 1.165) is 18.0 Å². The first-order valence-corrected chi connectivity index (χ1v) is 8.69. The van der Waals surface area contributed by atoms with E-state index >= 15 is 0 Å². The van der Waals surface area contributed by atoms with E-state index in [1.165, 1.54) is 0 Å². The monoisotopic (exact) mass is 343 g/mol. The van der Waals surface area contributed by atoms with Crippen molar-refractivity contribution in [1.29, 1.82) is 0 Å². The number of carbonyl (C=O) groups is 1. The number of hydrogen-bond acceptors (Lipinski definition) is 6. The lowest BCUT2D eigenvalue weighted by Crippen LogP contribution is -2.48. The van der Waals surface area contributed by atoms with Crippen LogP contribution in [0.15, 0.2) is 40.4 Å². The Bertz CT molecular complexity index is 788. The van der Waals surface area contributed by atoms with Gasteiger partial charge >= 0.3 is 0 Å². The smallest absolute Gasteiger partial charge is 0.270 e. The largest absolute Gasteiger partial charge is 0.357 e. The number of rotatable bonds is 4. The molecule has 3 aromatic heterocycles. The fourth-order valence-electron chi connectivity index (χ4n) is 2.76. The molecule has 0 saturated carbocycles. The van der Waals surface area contributed by atoms with Gasteiger partial charge in [-0.15, -0.1) is 11.3 Å². The second-order valence-corrected chi connectivity index (χ2v) is 6.59. The van der Waals surface area contributed by atoms with Crippen LogP contribution in [0.5, 0.6) is 0 Å². The highest BCUT2D eigenvalue weighted by Crippen LogP contribution is 2.21. The molecule has 0 bridgehead atoms. The zero-order chi connectivity index (χ0) is 16.4. The molecule has 24 heavy (non-hydrogen) atoms. The molecule has 0 unspecified atom stereocenters. The first-order valence-electron chi connectivity index (χ1n) is 7.81. The highest BCUT2D eigenvalue weighted by atomic mass is 32.1. The van der Waals surface area contributed by atoms with Crippen LogP contribution in [0.3, 0.4) is 0 Å². The number of thiophene rings is 1. The Morgan fingerprint density at radius 1 is 1.25 bits per heavy atom. The molecule has 3 aromatic rings. The second-order valence-electron chi connectivity index (χ2n) is 5.64. The van der Waals surface area contributed by atoms with Gasteiger partial charge in [0, 0.05) is 32.4 Å². The van der Waals surface area contributed by atoms with Crippen molar-refractivity contribution in [2.45, 2.75) is 6.54 Å². The van der Waals surface area contributed by atoms with E-state index in [1.807, 2.05) is 28.5 Å². The summed E-state index contributed by atoms with van der Waals surface area (Å²) in [6.45, 7) is 3.60. The molecule has 0 aliphatic carbocycles. The van der Waals surface area contributed by atoms with Crippen LogP contribution in [0.25, 0.3) is 10.7 Å². The van der Waals surface area contributed by atoms with E-state index in [9.17, 15) is 4.79 Å². The van der Waals surface area contributed by atoms with Crippen molar-refractivity contribution in [3.63, 3.8) is 0 Å². The molecule has 0 spiro atoms. The lowest BCUT2D eigenvalue weighted by Gasteiger charge is -2.33. The Labute approximate surface area is 142 Å². The molecule has 1 fully saturated rings. The molecule has 7 nitrogen and oxygen atoms in total. The lowest BCUT2D eigenvalue weighted by atomic mass is 10.2. The fraction of sp³-hybridized carbons (Fsp3) is 0.312. The Balaban J connectivity index is 1.33. The van der Waals surface area contributed by atoms with Gasteiger partial charge in [-0.05, 0) is 23.6 Å². The van der Waals surface area contributed by atoms with Gasteiger partial charge in [-0.1, -0.05) is 11.2 Å². The summed E-state index contributed by atoms with van der Waals surface area (Å²) in [5, 5.41) is 6.02. The molecule has 1 amide bonds. The Morgan fingerprint density at radius 3 is 2.83 bits per heavy atom. The number of aromatic amines is 1. The van der Waals surface area contributed by atoms with Gasteiger partial charge in [0.25, 0.3) is 5.91 Å². The summed E-state index contributed by atoms with van der Waals surface area (Å²) < 4.78 is 5.34. The van der Waals surface area contributed by atoms with Crippen molar-refractivity contribution in [3.8, 4) is 10.7 Å². The van der Waals surface area contributed by atoms with Crippen molar-refractivity contribution in [2.75, 3.05) is 26.2 Å². The molecule has 0 atom stereocenters. The SMILES string of the molecule is O=C(c1ccc[nH]1)N1CCN(Cc2nc(-c3cccs3)no2)CC1. The average Bonchev–Trinajstić information content (AvgIpc) is 3.36. The maximum atomic E-state index is 12.3. The third-order valence-electron chi connectivity index (χ3n) is 4.06. The first-order chi connectivity index (χ1) is 11.8. The van der Waals surface area contributed by atoms with Crippen LogP contribution in [0.1, 0.15) is 16.4 Å². The first kappa shape index (κ1) is 15.1. The number of amides is 1. The summed E-state index contributed by atoms with van der Waals surface area (Å²) in [6.07, 6.45) is 1.77. The number of nitrogens with one attached hydrogen (secondary N) is 1. The van der Waals surface area contributed by atoms with Crippen molar-refractivity contribution >= 4 is 17.2 Å². The van der Waals surface area contributed by atoms with Gasteiger partial charge in [-0.3, -0.25) is 9.69 Å². The minimum atomic E-state index is 0.0532. The average molecular weight is 343 g/mol. The molecule has 1 saturated heterocycles. The third kappa shape index (κ3) is 3.10. The zero-order valence-electron chi connectivity index (χ0n) is 13.0. The molecular weight excluding hydrogens is 326 g/mol. The van der Waals surface area contributed by atoms with Gasteiger partial charge in [-0.25, -0.2) is 0 Å². The second kappa shape index (κ2) is 6.58. The molecule has 8 heteroatoms. The van der Waals surface area contributed by atoms with Crippen LogP contribution in [-0.2, 0) is 6.54 Å². The summed E-state index contributed by atoms with van der Waals surface area (Å²) >= 11 is 1.59. The Hall–Kier alpha value is -2.45. The van der Waals surface area contributed by atoms with Crippen LogP contribution >= 0.6 is 11.3 Å².